The Labute approximate surface area is 293 Å². The molecule has 0 amide bonds. The van der Waals surface area contributed by atoms with Crippen molar-refractivity contribution in [2.75, 3.05) is 4.90 Å². The van der Waals surface area contributed by atoms with Crippen molar-refractivity contribution in [1.82, 2.24) is 0 Å². The fourth-order valence-electron chi connectivity index (χ4n) is 10.2. The minimum Gasteiger partial charge on any atom is -0.481 e. The first-order chi connectivity index (χ1) is 24.6. The van der Waals surface area contributed by atoms with Crippen LogP contribution in [0.2, 0.25) is 0 Å². The van der Waals surface area contributed by atoms with E-state index in [2.05, 4.69) is 177 Å². The van der Waals surface area contributed by atoms with Gasteiger partial charge < -0.3 is 9.64 Å². The van der Waals surface area contributed by atoms with Gasteiger partial charge in [0.25, 0.3) is 0 Å². The Morgan fingerprint density at radius 3 is 2.36 bits per heavy atom. The van der Waals surface area contributed by atoms with Crippen LogP contribution in [0.3, 0.4) is 0 Å². The van der Waals surface area contributed by atoms with Gasteiger partial charge in [-0.2, -0.15) is 0 Å². The van der Waals surface area contributed by atoms with Crippen LogP contribution in [0.15, 0.2) is 175 Å². The van der Waals surface area contributed by atoms with Crippen LogP contribution in [0, 0.1) is 11.8 Å². The molecule has 6 aliphatic rings. The lowest BCUT2D eigenvalue weighted by atomic mass is 9.81. The molecule has 5 atom stereocenters. The van der Waals surface area contributed by atoms with E-state index in [1.54, 1.807) is 0 Å². The third-order valence-corrected chi connectivity index (χ3v) is 12.6. The smallest absolute Gasteiger partial charge is 0.145 e. The predicted octanol–water partition coefficient (Wildman–Crippen LogP) is 11.6. The first kappa shape index (κ1) is 28.3. The summed E-state index contributed by atoms with van der Waals surface area (Å²) in [5.74, 6) is 2.10. The number of ether oxygens (including phenoxy) is 1. The Kier molecular flexibility index (Phi) is 5.64. The number of nitrogens with zero attached hydrogens (tertiary/aromatic N) is 1. The number of allylic oxidation sites excluding steroid dienone is 9. The van der Waals surface area contributed by atoms with E-state index in [0.29, 0.717) is 17.8 Å². The van der Waals surface area contributed by atoms with E-state index in [4.69, 9.17) is 4.74 Å². The molecule has 5 aromatic rings. The van der Waals surface area contributed by atoms with Crippen LogP contribution in [-0.2, 0) is 5.41 Å². The molecule has 240 valence electrons. The lowest BCUT2D eigenvalue weighted by Gasteiger charge is -2.35. The summed E-state index contributed by atoms with van der Waals surface area (Å²) in [6.45, 7) is 4.75. The molecule has 0 radical (unpaired) electrons. The minimum atomic E-state index is -0.384. The lowest BCUT2D eigenvalue weighted by molar-refractivity contribution is 0.221. The minimum absolute atomic E-state index is 0.256. The molecule has 0 aromatic heterocycles. The van der Waals surface area contributed by atoms with Crippen LogP contribution in [0.1, 0.15) is 42.9 Å². The molecule has 5 aliphatic carbocycles. The van der Waals surface area contributed by atoms with Crippen molar-refractivity contribution in [2.24, 2.45) is 11.8 Å². The van der Waals surface area contributed by atoms with Crippen LogP contribution in [0.4, 0.5) is 5.69 Å². The second-order valence-corrected chi connectivity index (χ2v) is 14.9. The van der Waals surface area contributed by atoms with E-state index < -0.39 is 0 Å². The van der Waals surface area contributed by atoms with Crippen LogP contribution in [0.25, 0.3) is 33.0 Å². The maximum atomic E-state index is 7.36. The lowest BCUT2D eigenvalue weighted by Crippen LogP contribution is -2.30. The first-order valence-corrected chi connectivity index (χ1v) is 18.1. The molecule has 0 N–H and O–H groups in total. The molecule has 0 saturated heterocycles. The summed E-state index contributed by atoms with van der Waals surface area (Å²) in [4.78, 5) is 2.51. The summed E-state index contributed by atoms with van der Waals surface area (Å²) in [5, 5.41) is 2.70. The van der Waals surface area contributed by atoms with Gasteiger partial charge in [-0.1, -0.05) is 135 Å². The Bertz CT molecular complexity index is 2470. The molecule has 1 saturated carbocycles. The molecule has 11 rings (SSSR count). The molecule has 0 bridgehead atoms. The molecule has 5 aromatic carbocycles. The third-order valence-electron chi connectivity index (χ3n) is 12.6. The Hall–Kier alpha value is -5.60. The van der Waals surface area contributed by atoms with Crippen molar-refractivity contribution in [3.05, 3.63) is 191 Å². The van der Waals surface area contributed by atoms with Crippen molar-refractivity contribution in [3.8, 4) is 28.0 Å². The molecule has 4 unspecified atom stereocenters. The second kappa shape index (κ2) is 9.98. The van der Waals surface area contributed by atoms with Gasteiger partial charge in [0.2, 0.25) is 0 Å². The Balaban J connectivity index is 1.11. The second-order valence-electron chi connectivity index (χ2n) is 14.9. The summed E-state index contributed by atoms with van der Waals surface area (Å²) in [6, 6.07) is 37.8. The molecular weight excluding hydrogens is 607 g/mol. The predicted molar refractivity (Wildman–Crippen MR) is 205 cm³/mol. The quantitative estimate of drug-likeness (QED) is 0.193. The van der Waals surface area contributed by atoms with Crippen LogP contribution in [-0.4, -0.2) is 5.60 Å². The van der Waals surface area contributed by atoms with Crippen LogP contribution >= 0.6 is 0 Å². The zero-order valence-corrected chi connectivity index (χ0v) is 28.3. The highest BCUT2D eigenvalue weighted by molar-refractivity contribution is 6.04. The van der Waals surface area contributed by atoms with Gasteiger partial charge in [-0.15, -0.1) is 0 Å². The normalized spacial score (nSPS) is 27.2. The van der Waals surface area contributed by atoms with Crippen molar-refractivity contribution in [1.29, 1.82) is 0 Å². The van der Waals surface area contributed by atoms with Gasteiger partial charge in [-0.25, -0.2) is 0 Å². The monoisotopic (exact) mass is 643 g/mol. The highest BCUT2D eigenvalue weighted by atomic mass is 16.5. The zero-order valence-electron chi connectivity index (χ0n) is 28.3. The van der Waals surface area contributed by atoms with E-state index in [1.807, 2.05) is 0 Å². The topological polar surface area (TPSA) is 12.5 Å². The Morgan fingerprint density at radius 2 is 1.50 bits per heavy atom. The van der Waals surface area contributed by atoms with Gasteiger partial charge >= 0.3 is 0 Å². The largest absolute Gasteiger partial charge is 0.481 e. The molecule has 2 nitrogen and oxygen atoms in total. The molecule has 50 heavy (non-hydrogen) atoms. The van der Waals surface area contributed by atoms with Gasteiger partial charge in [-0.3, -0.25) is 0 Å². The van der Waals surface area contributed by atoms with E-state index in [-0.39, 0.29) is 11.0 Å². The maximum absolute atomic E-state index is 7.36. The molecule has 0 spiro atoms. The number of benzene rings is 5. The van der Waals surface area contributed by atoms with Gasteiger partial charge in [0, 0.05) is 46.0 Å². The number of anilines is 1. The number of hydrogen-bond acceptors (Lipinski definition) is 2. The van der Waals surface area contributed by atoms with E-state index in [9.17, 15) is 0 Å². The number of hydrogen-bond donors (Lipinski definition) is 0. The van der Waals surface area contributed by atoms with E-state index in [0.717, 1.165) is 12.2 Å². The SMILES string of the molecule is CC1c2ccccc2-c2c3c(c4ccccc4c21)C12C=C(N(C4=CC=C5C=CC=CC5C4)c4ccc(-c5ccccc5)cc4)C=CC1(O3)[C@H]2C. The summed E-state index contributed by atoms with van der Waals surface area (Å²) < 4.78 is 7.36. The van der Waals surface area contributed by atoms with Crippen LogP contribution in [0.5, 0.6) is 5.75 Å². The summed E-state index contributed by atoms with van der Waals surface area (Å²) in [5.41, 5.74) is 13.7. The molecule has 1 fully saturated rings. The molecule has 1 aliphatic heterocycles. The fourth-order valence-corrected chi connectivity index (χ4v) is 10.2. The van der Waals surface area contributed by atoms with Crippen molar-refractivity contribution >= 4 is 16.5 Å². The zero-order chi connectivity index (χ0) is 33.2. The number of fused-ring (bicyclic) bond motifs is 9. The van der Waals surface area contributed by atoms with Gasteiger partial charge in [-0.05, 0) is 87.0 Å². The highest BCUT2D eigenvalue weighted by Crippen LogP contribution is 2.77. The van der Waals surface area contributed by atoms with Gasteiger partial charge in [0.1, 0.15) is 11.4 Å². The maximum Gasteiger partial charge on any atom is 0.145 e. The van der Waals surface area contributed by atoms with Crippen molar-refractivity contribution in [2.45, 2.75) is 37.2 Å². The average Bonchev–Trinajstić information content (AvgIpc) is 3.39. The summed E-state index contributed by atoms with van der Waals surface area (Å²) in [6.07, 6.45) is 21.9. The van der Waals surface area contributed by atoms with Gasteiger partial charge in [0.05, 0.1) is 5.41 Å². The average molecular weight is 644 g/mol. The fraction of sp³-hybridized carbons (Fsp3) is 0.167. The Morgan fingerprint density at radius 1 is 0.740 bits per heavy atom. The van der Waals surface area contributed by atoms with Crippen molar-refractivity contribution < 1.29 is 4.74 Å². The highest BCUT2D eigenvalue weighted by Gasteiger charge is 2.81. The van der Waals surface area contributed by atoms with E-state index in [1.165, 1.54) is 72.4 Å². The summed E-state index contributed by atoms with van der Waals surface area (Å²) >= 11 is 0. The molecule has 1 heterocycles. The third kappa shape index (κ3) is 3.53. The van der Waals surface area contributed by atoms with Crippen molar-refractivity contribution in [3.63, 3.8) is 0 Å². The van der Waals surface area contributed by atoms with Crippen LogP contribution < -0.4 is 9.64 Å². The molecule has 2 heteroatoms. The molecular formula is C48H37NO. The number of rotatable bonds is 4. The summed E-state index contributed by atoms with van der Waals surface area (Å²) in [7, 11) is 0. The standard InChI is InChI=1S/C48H37NO/c1-30-39-16-8-9-17-40(39)44-43(30)41-18-10-11-19-42(41)45-46(44)50-48-27-26-38(29-47(45,48)31(48)2)49(37-25-22-33-14-6-7-15-35(33)28-37)36-23-20-34(21-24-36)32-12-4-3-5-13-32/h3-27,29-31,35H,28H2,1-2H3/t30?,31-,35?,47?,48?/m0/s1. The first-order valence-electron chi connectivity index (χ1n) is 18.1. The van der Waals surface area contributed by atoms with E-state index >= 15 is 0 Å². The van der Waals surface area contributed by atoms with Gasteiger partial charge in [0.15, 0.2) is 0 Å².